The van der Waals surface area contributed by atoms with Crippen LogP contribution in [0.1, 0.15) is 135 Å². The van der Waals surface area contributed by atoms with E-state index in [2.05, 4.69) is 156 Å². The number of nitrogens with zero attached hydrogens (tertiary/aromatic N) is 6. The highest BCUT2D eigenvalue weighted by Gasteiger charge is 2.47. The molecule has 8 aromatic rings. The van der Waals surface area contributed by atoms with Crippen molar-refractivity contribution in [1.82, 2.24) is 30.0 Å². The van der Waals surface area contributed by atoms with Gasteiger partial charge in [0.15, 0.2) is 0 Å². The van der Waals surface area contributed by atoms with Crippen molar-refractivity contribution in [1.29, 1.82) is 0 Å². The SMILES string of the molecule is C=Cc1ccc(COCCCCCCSCC[C@H]2CN3CC[C@H]2C[C@@H]3[C@@H](Oc2nnc(O[C@@H](c3ccnc4ccc(OC)cc34)[C@H]3C[C@@H]4CCN3C[C@@H]4CCSCCCCCCOCc3ccc(C=C)cc3)c3ccccc23)c2ccnc3ccc(OC)cc23)cc1. The summed E-state index contributed by atoms with van der Waals surface area (Å²) in [6.45, 7) is 14.9. The molecule has 14 rings (SSSR count). The first-order chi connectivity index (χ1) is 45.4. The van der Waals surface area contributed by atoms with Crippen molar-refractivity contribution >= 4 is 68.3 Å². The Kier molecular flexibility index (Phi) is 23.5. The van der Waals surface area contributed by atoms with Gasteiger partial charge in [0.25, 0.3) is 0 Å². The lowest BCUT2D eigenvalue weighted by Crippen LogP contribution is -2.56. The average molecular weight is 1280 g/mol. The number of ether oxygens (including phenoxy) is 6. The van der Waals surface area contributed by atoms with Crippen LogP contribution in [0.25, 0.3) is 44.7 Å². The highest BCUT2D eigenvalue weighted by atomic mass is 32.2. The van der Waals surface area contributed by atoms with Crippen molar-refractivity contribution in [3.8, 4) is 23.3 Å². The third-order valence-electron chi connectivity index (χ3n) is 20.1. The Bertz CT molecular complexity index is 3430. The van der Waals surface area contributed by atoms with Crippen LogP contribution < -0.4 is 18.9 Å². The van der Waals surface area contributed by atoms with Crippen LogP contribution in [0.2, 0.25) is 0 Å². The summed E-state index contributed by atoms with van der Waals surface area (Å²) in [5.74, 6) is 10.0. The van der Waals surface area contributed by atoms with Crippen LogP contribution in [0.15, 0.2) is 147 Å². The Hall–Kier alpha value is -6.52. The lowest BCUT2D eigenvalue weighted by Gasteiger charge is -2.52. The molecule has 0 radical (unpaired) electrons. The van der Waals surface area contributed by atoms with E-state index in [0.717, 1.165) is 131 Å². The largest absolute Gasteiger partial charge is 0.497 e. The van der Waals surface area contributed by atoms with Gasteiger partial charge in [0, 0.05) is 60.6 Å². The minimum atomic E-state index is -0.346. The van der Waals surface area contributed by atoms with Crippen molar-refractivity contribution in [2.45, 2.75) is 127 Å². The quantitative estimate of drug-likeness (QED) is 0.0347. The molecule has 5 aromatic carbocycles. The molecule has 3 aromatic heterocycles. The number of fused-ring (bicyclic) bond motifs is 9. The zero-order valence-corrected chi connectivity index (χ0v) is 55.9. The molecule has 0 aliphatic carbocycles. The van der Waals surface area contributed by atoms with Crippen LogP contribution in [-0.4, -0.2) is 119 Å². The summed E-state index contributed by atoms with van der Waals surface area (Å²) in [6.07, 6.45) is 23.6. The molecule has 12 nitrogen and oxygen atoms in total. The Labute approximate surface area is 554 Å². The summed E-state index contributed by atoms with van der Waals surface area (Å²) in [5.41, 5.74) is 8.71. The van der Waals surface area contributed by atoms with Crippen LogP contribution in [-0.2, 0) is 22.7 Å². The summed E-state index contributed by atoms with van der Waals surface area (Å²) in [5, 5.41) is 14.0. The number of methoxy groups -OCH3 is 2. The number of hydrogen-bond donors (Lipinski definition) is 0. The van der Waals surface area contributed by atoms with Crippen molar-refractivity contribution in [2.75, 3.05) is 76.6 Å². The number of unbranched alkanes of at least 4 members (excludes halogenated alkanes) is 6. The highest BCUT2D eigenvalue weighted by Crippen LogP contribution is 2.48. The van der Waals surface area contributed by atoms with Gasteiger partial charge in [-0.25, -0.2) is 0 Å². The van der Waals surface area contributed by atoms with Gasteiger partial charge in [-0.15, -0.1) is 10.2 Å². The smallest absolute Gasteiger partial charge is 0.242 e. The minimum absolute atomic E-state index is 0.131. The first-order valence-electron chi connectivity index (χ1n) is 34.1. The van der Waals surface area contributed by atoms with Crippen molar-refractivity contribution < 1.29 is 28.4 Å². The van der Waals surface area contributed by atoms with Crippen LogP contribution in [0.3, 0.4) is 0 Å². The van der Waals surface area contributed by atoms with Gasteiger partial charge in [0.05, 0.1) is 61.3 Å². The van der Waals surface area contributed by atoms with E-state index >= 15 is 0 Å². The van der Waals surface area contributed by atoms with Crippen LogP contribution >= 0.6 is 23.5 Å². The van der Waals surface area contributed by atoms with E-state index in [1.807, 2.05) is 36.7 Å². The summed E-state index contributed by atoms with van der Waals surface area (Å²) in [6, 6.07) is 42.2. The summed E-state index contributed by atoms with van der Waals surface area (Å²) >= 11 is 4.27. The zero-order valence-electron chi connectivity index (χ0n) is 54.2. The molecule has 6 aliphatic heterocycles. The molecule has 4 bridgehead atoms. The van der Waals surface area contributed by atoms with Gasteiger partial charge in [0.2, 0.25) is 11.8 Å². The Morgan fingerprint density at radius 1 is 0.511 bits per heavy atom. The van der Waals surface area contributed by atoms with Crippen molar-refractivity contribution in [2.24, 2.45) is 23.7 Å². The first kappa shape index (κ1) is 65.5. The number of hydrogen-bond acceptors (Lipinski definition) is 14. The average Bonchev–Trinajstić information content (AvgIpc) is 0.839. The van der Waals surface area contributed by atoms with E-state index < -0.39 is 0 Å². The summed E-state index contributed by atoms with van der Waals surface area (Å²) in [7, 11) is 3.46. The van der Waals surface area contributed by atoms with Gasteiger partial charge in [-0.3, -0.25) is 19.8 Å². The molecule has 92 heavy (non-hydrogen) atoms. The molecule has 6 aliphatic rings. The zero-order chi connectivity index (χ0) is 62.9. The number of benzene rings is 5. The molecule has 2 unspecified atom stereocenters. The molecule has 0 N–H and O–H groups in total. The van der Waals surface area contributed by atoms with E-state index in [0.29, 0.717) is 48.6 Å². The number of pyridine rings is 2. The molecule has 0 saturated carbocycles. The second-order valence-corrected chi connectivity index (χ2v) is 28.3. The maximum absolute atomic E-state index is 7.52. The van der Waals surface area contributed by atoms with Crippen molar-refractivity contribution in [3.05, 3.63) is 180 Å². The monoisotopic (exact) mass is 1270 g/mol. The van der Waals surface area contributed by atoms with E-state index in [9.17, 15) is 0 Å². The first-order valence-corrected chi connectivity index (χ1v) is 36.4. The minimum Gasteiger partial charge on any atom is -0.497 e. The number of rotatable bonds is 36. The Morgan fingerprint density at radius 3 is 1.37 bits per heavy atom. The van der Waals surface area contributed by atoms with E-state index in [1.165, 1.54) is 98.3 Å². The fourth-order valence-electron chi connectivity index (χ4n) is 14.9. The van der Waals surface area contributed by atoms with E-state index in [-0.39, 0.29) is 24.3 Å². The normalized spacial score (nSPS) is 21.5. The van der Waals surface area contributed by atoms with Crippen LogP contribution in [0, 0.1) is 23.7 Å². The molecular formula is C78H94N6O6S2. The molecule has 6 fully saturated rings. The molecule has 0 amide bonds. The molecule has 0 spiro atoms. The molecular weight excluding hydrogens is 1180 g/mol. The molecule has 9 heterocycles. The Balaban J connectivity index is 0.699. The fraction of sp³-hybridized carbons (Fsp3) is 0.462. The van der Waals surface area contributed by atoms with Gasteiger partial charge in [-0.1, -0.05) is 112 Å². The number of thioether (sulfide) groups is 2. The standard InChI is InChI=1S/C78H94N6O6S2/c1-5-55-19-23-57(24-20-55)53-87-41-13-7-9-15-43-91-45-35-61-51-83-39-33-59(61)47-73(83)75(65-31-37-79-71-29-27-63(85-3)49-69(65)71)89-77-67-17-11-12-18-68(67)78(82-81-77)90-76(66-32-38-80-72-30-28-64(86-4)50-70(66)72)74-48-60-34-40-84(74)52-62(60)36-46-92-44-16-10-8-14-42-88-54-58-25-21-56(6-2)22-26-58/h5-6,11-12,17-32,37-38,49-50,59-62,73-76H,1-2,7-10,13-16,33-36,39-48,51-54H2,3-4H3/t59-,60-,61-,62-,73+,74+,75-,76-/m0/s1. The third-order valence-corrected chi connectivity index (χ3v) is 22.3. The van der Waals surface area contributed by atoms with Gasteiger partial charge < -0.3 is 28.4 Å². The second-order valence-electron chi connectivity index (χ2n) is 25.8. The third kappa shape index (κ3) is 16.5. The number of aromatic nitrogens is 4. The highest BCUT2D eigenvalue weighted by molar-refractivity contribution is 7.99. The van der Waals surface area contributed by atoms with Crippen LogP contribution in [0.5, 0.6) is 23.3 Å². The summed E-state index contributed by atoms with van der Waals surface area (Å²) in [4.78, 5) is 15.1. The Morgan fingerprint density at radius 2 is 0.957 bits per heavy atom. The van der Waals surface area contributed by atoms with E-state index in [1.54, 1.807) is 14.2 Å². The second kappa shape index (κ2) is 33.0. The fourth-order valence-corrected chi connectivity index (χ4v) is 17.1. The molecule has 14 heteroatoms. The summed E-state index contributed by atoms with van der Waals surface area (Å²) < 4.78 is 38.7. The number of piperidine rings is 6. The van der Waals surface area contributed by atoms with Gasteiger partial charge in [-0.05, 0) is 207 Å². The molecule has 10 atom stereocenters. The maximum Gasteiger partial charge on any atom is 0.242 e. The molecule has 6 saturated heterocycles. The predicted molar refractivity (Wildman–Crippen MR) is 379 cm³/mol. The molecule has 484 valence electrons. The lowest BCUT2D eigenvalue weighted by atomic mass is 9.72. The topological polar surface area (TPSA) is 113 Å². The van der Waals surface area contributed by atoms with E-state index in [4.69, 9.17) is 48.6 Å². The van der Waals surface area contributed by atoms with Crippen LogP contribution in [0.4, 0.5) is 0 Å². The van der Waals surface area contributed by atoms with Crippen molar-refractivity contribution in [3.63, 3.8) is 0 Å². The van der Waals surface area contributed by atoms with Gasteiger partial charge >= 0.3 is 0 Å². The van der Waals surface area contributed by atoms with Gasteiger partial charge in [-0.2, -0.15) is 23.5 Å². The lowest BCUT2D eigenvalue weighted by molar-refractivity contribution is -0.0502. The van der Waals surface area contributed by atoms with Gasteiger partial charge in [0.1, 0.15) is 23.7 Å². The maximum atomic E-state index is 7.52. The predicted octanol–water partition coefficient (Wildman–Crippen LogP) is 17.5.